The van der Waals surface area contributed by atoms with E-state index in [-0.39, 0.29) is 40.8 Å². The van der Waals surface area contributed by atoms with Crippen LogP contribution >= 0.6 is 0 Å². The molecule has 1 aliphatic heterocycles. The van der Waals surface area contributed by atoms with E-state index < -0.39 is 19.2 Å². The fourth-order valence-corrected chi connectivity index (χ4v) is 8.71. The van der Waals surface area contributed by atoms with Crippen molar-refractivity contribution in [2.75, 3.05) is 12.4 Å². The number of anilines is 1. The predicted octanol–water partition coefficient (Wildman–Crippen LogP) is 7.32. The molecular formula is C42H56BN3O5. The Bertz CT molecular complexity index is 1660. The number of benzene rings is 3. The second-order valence-corrected chi connectivity index (χ2v) is 16.5. The smallest absolute Gasteiger partial charge is 0.481 e. The second-order valence-electron chi connectivity index (χ2n) is 16.5. The number of ether oxygens (including phenoxy) is 1. The highest BCUT2D eigenvalue weighted by Crippen LogP contribution is 2.65. The summed E-state index contributed by atoms with van der Waals surface area (Å²) in [5.74, 6) is 1.15. The van der Waals surface area contributed by atoms with E-state index >= 15 is 0 Å². The van der Waals surface area contributed by atoms with E-state index in [0.717, 1.165) is 34.5 Å². The molecule has 1 saturated heterocycles. The summed E-state index contributed by atoms with van der Waals surface area (Å²) >= 11 is 0. The Morgan fingerprint density at radius 2 is 1.59 bits per heavy atom. The molecule has 9 heteroatoms. The minimum atomic E-state index is -0.756. The Labute approximate surface area is 304 Å². The third-order valence-corrected chi connectivity index (χ3v) is 11.8. The lowest BCUT2D eigenvalue weighted by atomic mass is 9.43. The van der Waals surface area contributed by atoms with Crippen LogP contribution in [0.1, 0.15) is 73.3 Å². The molecule has 2 amide bonds. The number of rotatable bonds is 14. The number of carbonyl (C=O) groups excluding carboxylic acids is 2. The standard InChI is InChI=1S/C42H56BN3O5/c1-26(2)21-37(43-50-36-25-31-24-35(41(31,5)6)42(36,7)51-43)45-40(48)38(27(3)4)46-39(47)34(22-28-17-19-33(49-8)20-18-28)44-32-16-12-15-30(23-32)29-13-10-9-11-14-29/h9-20,23,26-27,31,34-38,44H,21-22,24-25H2,1-8H3,(H,45,48)(H,46,47)/t31-,34?,35-,36+,37-,38?,42-/m0/s1. The monoisotopic (exact) mass is 693 g/mol. The van der Waals surface area contributed by atoms with Crippen LogP contribution in [0.5, 0.6) is 5.75 Å². The molecule has 3 saturated carbocycles. The molecule has 3 N–H and O–H groups in total. The lowest BCUT2D eigenvalue weighted by molar-refractivity contribution is -0.199. The molecule has 0 radical (unpaired) electrons. The number of methoxy groups -OCH3 is 1. The summed E-state index contributed by atoms with van der Waals surface area (Å²) in [6.45, 7) is 15.1. The van der Waals surface area contributed by atoms with E-state index in [4.69, 9.17) is 14.0 Å². The van der Waals surface area contributed by atoms with Gasteiger partial charge in [0.2, 0.25) is 11.8 Å². The molecular weight excluding hydrogens is 637 g/mol. The van der Waals surface area contributed by atoms with Crippen LogP contribution in [-0.4, -0.2) is 55.8 Å². The first-order valence-electron chi connectivity index (χ1n) is 18.8. The molecule has 0 aromatic heterocycles. The van der Waals surface area contributed by atoms with Crippen molar-refractivity contribution in [1.82, 2.24) is 10.6 Å². The zero-order valence-corrected chi connectivity index (χ0v) is 31.6. The van der Waals surface area contributed by atoms with Crippen LogP contribution in [0.4, 0.5) is 5.69 Å². The zero-order chi connectivity index (χ0) is 36.5. The van der Waals surface area contributed by atoms with Crippen LogP contribution in [0.2, 0.25) is 0 Å². The molecule has 2 unspecified atom stereocenters. The second kappa shape index (κ2) is 15.0. The van der Waals surface area contributed by atoms with Gasteiger partial charge in [-0.25, -0.2) is 0 Å². The molecule has 51 heavy (non-hydrogen) atoms. The molecule has 3 aromatic rings. The molecule has 0 spiro atoms. The van der Waals surface area contributed by atoms with Crippen molar-refractivity contribution in [3.8, 4) is 16.9 Å². The minimum absolute atomic E-state index is 0.0246. The van der Waals surface area contributed by atoms with E-state index in [1.165, 1.54) is 6.42 Å². The van der Waals surface area contributed by atoms with Gasteiger partial charge in [0.25, 0.3) is 0 Å². The molecule has 7 atom stereocenters. The first-order valence-corrected chi connectivity index (χ1v) is 18.8. The average Bonchev–Trinajstić information content (AvgIpc) is 3.47. The van der Waals surface area contributed by atoms with Crippen molar-refractivity contribution in [3.05, 3.63) is 84.4 Å². The van der Waals surface area contributed by atoms with Gasteiger partial charge in [0.15, 0.2) is 0 Å². The van der Waals surface area contributed by atoms with Crippen LogP contribution in [0.15, 0.2) is 78.9 Å². The van der Waals surface area contributed by atoms with Gasteiger partial charge in [0.1, 0.15) is 17.8 Å². The summed E-state index contributed by atoms with van der Waals surface area (Å²) in [5, 5.41) is 9.92. The summed E-state index contributed by atoms with van der Waals surface area (Å²) in [6.07, 6.45) is 3.29. The predicted molar refractivity (Wildman–Crippen MR) is 204 cm³/mol. The van der Waals surface area contributed by atoms with Crippen LogP contribution in [0.3, 0.4) is 0 Å². The van der Waals surface area contributed by atoms with Crippen molar-refractivity contribution in [3.63, 3.8) is 0 Å². The molecule has 3 aromatic carbocycles. The largest absolute Gasteiger partial charge is 0.497 e. The van der Waals surface area contributed by atoms with Gasteiger partial charge in [-0.05, 0) is 96.2 Å². The first-order chi connectivity index (χ1) is 24.3. The SMILES string of the molecule is COc1ccc(CC(Nc2cccc(-c3ccccc3)c2)C(=O)NC(C(=O)N[C@@H](CC(C)C)B2O[C@@H]3C[C@@H]4C[C@@H](C4(C)C)[C@]3(C)O2)C(C)C)cc1. The zero-order valence-electron chi connectivity index (χ0n) is 31.6. The quantitative estimate of drug-likeness (QED) is 0.153. The van der Waals surface area contributed by atoms with Gasteiger partial charge in [-0.1, -0.05) is 96.1 Å². The van der Waals surface area contributed by atoms with E-state index in [9.17, 15) is 9.59 Å². The summed E-state index contributed by atoms with van der Waals surface area (Å²) in [6, 6.07) is 24.5. The third-order valence-electron chi connectivity index (χ3n) is 11.8. The van der Waals surface area contributed by atoms with E-state index in [1.807, 2.05) is 68.4 Å². The van der Waals surface area contributed by atoms with Gasteiger partial charge in [-0.3, -0.25) is 9.59 Å². The number of carbonyl (C=O) groups is 2. The van der Waals surface area contributed by atoms with E-state index in [1.54, 1.807) is 7.11 Å². The fraction of sp³-hybridized carbons (Fsp3) is 0.524. The molecule has 1 heterocycles. The Morgan fingerprint density at radius 1 is 0.882 bits per heavy atom. The van der Waals surface area contributed by atoms with Crippen LogP contribution in [0, 0.1) is 29.1 Å². The van der Waals surface area contributed by atoms with Crippen molar-refractivity contribution < 1.29 is 23.6 Å². The van der Waals surface area contributed by atoms with Crippen LogP contribution < -0.4 is 20.7 Å². The molecule has 8 nitrogen and oxygen atoms in total. The Morgan fingerprint density at radius 3 is 2.24 bits per heavy atom. The molecule has 4 fully saturated rings. The molecule has 272 valence electrons. The van der Waals surface area contributed by atoms with Gasteiger partial charge in [0, 0.05) is 12.1 Å². The minimum Gasteiger partial charge on any atom is -0.497 e. The van der Waals surface area contributed by atoms with Gasteiger partial charge in [-0.15, -0.1) is 0 Å². The van der Waals surface area contributed by atoms with Crippen LogP contribution in [0.25, 0.3) is 11.1 Å². The van der Waals surface area contributed by atoms with Crippen LogP contribution in [-0.2, 0) is 25.3 Å². The Balaban J connectivity index is 1.19. The highest BCUT2D eigenvalue weighted by molar-refractivity contribution is 6.48. The number of hydrogen-bond acceptors (Lipinski definition) is 6. The lowest BCUT2D eigenvalue weighted by Gasteiger charge is -2.64. The summed E-state index contributed by atoms with van der Waals surface area (Å²) in [7, 11) is 1.10. The van der Waals surface area contributed by atoms with E-state index in [2.05, 4.69) is 74.8 Å². The maximum atomic E-state index is 14.3. The Kier molecular flexibility index (Phi) is 10.9. The van der Waals surface area contributed by atoms with E-state index in [0.29, 0.717) is 30.6 Å². The van der Waals surface area contributed by atoms with Gasteiger partial charge in [-0.2, -0.15) is 0 Å². The summed E-state index contributed by atoms with van der Waals surface area (Å²) in [5.41, 5.74) is 3.79. The fourth-order valence-electron chi connectivity index (χ4n) is 8.71. The first kappa shape index (κ1) is 37.0. The molecule has 7 rings (SSSR count). The van der Waals surface area contributed by atoms with Crippen molar-refractivity contribution in [2.24, 2.45) is 29.1 Å². The van der Waals surface area contributed by atoms with Gasteiger partial charge >= 0.3 is 7.12 Å². The molecule has 2 bridgehead atoms. The van der Waals surface area contributed by atoms with Crippen molar-refractivity contribution in [2.45, 2.75) is 104 Å². The van der Waals surface area contributed by atoms with Gasteiger partial charge < -0.3 is 30.0 Å². The van der Waals surface area contributed by atoms with Crippen molar-refractivity contribution in [1.29, 1.82) is 0 Å². The maximum absolute atomic E-state index is 14.3. The Hall–Kier alpha value is -3.82. The summed E-state index contributed by atoms with van der Waals surface area (Å²) < 4.78 is 18.8. The normalized spacial score (nSPS) is 25.0. The third kappa shape index (κ3) is 7.85. The highest BCUT2D eigenvalue weighted by atomic mass is 16.7. The number of amides is 2. The molecule has 3 aliphatic carbocycles. The lowest BCUT2D eigenvalue weighted by Crippen LogP contribution is -2.65. The molecule has 4 aliphatic rings. The van der Waals surface area contributed by atoms with Crippen molar-refractivity contribution >= 4 is 24.6 Å². The highest BCUT2D eigenvalue weighted by Gasteiger charge is 2.68. The number of nitrogens with one attached hydrogen (secondary N) is 3. The number of hydrogen-bond donors (Lipinski definition) is 3. The summed E-state index contributed by atoms with van der Waals surface area (Å²) in [4.78, 5) is 28.4. The maximum Gasteiger partial charge on any atom is 0.481 e. The average molecular weight is 694 g/mol. The topological polar surface area (TPSA) is 97.9 Å². The van der Waals surface area contributed by atoms with Gasteiger partial charge in [0.05, 0.1) is 24.8 Å².